The first kappa shape index (κ1) is 16.2. The van der Waals surface area contributed by atoms with Gasteiger partial charge in [0.2, 0.25) is 0 Å². The Morgan fingerprint density at radius 2 is 1.90 bits per heavy atom. The largest absolute Gasteiger partial charge is 0.314 e. The van der Waals surface area contributed by atoms with E-state index in [4.69, 9.17) is 0 Å². The van der Waals surface area contributed by atoms with Crippen LogP contribution in [0, 0.1) is 0 Å². The first-order valence-corrected chi connectivity index (χ1v) is 9.27. The van der Waals surface area contributed by atoms with Crippen molar-refractivity contribution in [1.82, 2.24) is 10.2 Å². The molecule has 5 heteroatoms. The number of hydrogen-bond donors (Lipinski definition) is 1. The van der Waals surface area contributed by atoms with E-state index in [2.05, 4.69) is 16.8 Å². The van der Waals surface area contributed by atoms with Crippen LogP contribution in [0.25, 0.3) is 0 Å². The van der Waals surface area contributed by atoms with Gasteiger partial charge in [-0.1, -0.05) is 18.2 Å². The molecule has 2 rings (SSSR count). The lowest BCUT2D eigenvalue weighted by Gasteiger charge is -2.35. The highest BCUT2D eigenvalue weighted by molar-refractivity contribution is 7.90. The molecule has 1 atom stereocenters. The van der Waals surface area contributed by atoms with Crippen molar-refractivity contribution in [2.45, 2.75) is 23.8 Å². The Morgan fingerprint density at radius 3 is 2.43 bits per heavy atom. The first-order valence-electron chi connectivity index (χ1n) is 7.38. The molecule has 0 aromatic heterocycles. The second-order valence-corrected chi connectivity index (χ2v) is 7.52. The maximum Gasteiger partial charge on any atom is 0.175 e. The van der Waals surface area contributed by atoms with E-state index in [-0.39, 0.29) is 0 Å². The van der Waals surface area contributed by atoms with E-state index < -0.39 is 9.84 Å². The summed E-state index contributed by atoms with van der Waals surface area (Å²) in [5.74, 6) is 0. The third-order valence-corrected chi connectivity index (χ3v) is 5.06. The van der Waals surface area contributed by atoms with Crippen molar-refractivity contribution in [3.8, 4) is 0 Å². The number of benzene rings is 1. The number of hydrogen-bond acceptors (Lipinski definition) is 4. The summed E-state index contributed by atoms with van der Waals surface area (Å²) < 4.78 is 23.1. The monoisotopic (exact) mass is 308 g/mol. The van der Waals surface area contributed by atoms with E-state index >= 15 is 0 Å². The van der Waals surface area contributed by atoms with Gasteiger partial charge in [-0.3, -0.25) is 4.90 Å². The third kappa shape index (κ3) is 4.40. The normalized spacial score (nSPS) is 18.3. The van der Waals surface area contributed by atoms with Crippen molar-refractivity contribution >= 4 is 9.84 Å². The van der Waals surface area contributed by atoms with Crippen LogP contribution in [0.4, 0.5) is 0 Å². The summed E-state index contributed by atoms with van der Waals surface area (Å²) in [6.45, 7) is 7.87. The van der Waals surface area contributed by atoms with Crippen LogP contribution in [0.3, 0.4) is 0 Å². The van der Waals surface area contributed by atoms with E-state index in [1.54, 1.807) is 12.1 Å². The Balaban J connectivity index is 2.21. The topological polar surface area (TPSA) is 49.4 Å². The van der Waals surface area contributed by atoms with Crippen LogP contribution >= 0.6 is 0 Å². The SMILES string of the molecule is C=CCC[C@@H](c1ccc(S(C)(=O)=O)cc1)N1CCNCC1. The highest BCUT2D eigenvalue weighted by Gasteiger charge is 2.21. The molecule has 1 N–H and O–H groups in total. The van der Waals surface area contributed by atoms with E-state index in [9.17, 15) is 8.42 Å². The van der Waals surface area contributed by atoms with Crippen molar-refractivity contribution in [2.24, 2.45) is 0 Å². The predicted molar refractivity (Wildman–Crippen MR) is 86.2 cm³/mol. The van der Waals surface area contributed by atoms with Crippen molar-refractivity contribution in [3.63, 3.8) is 0 Å². The summed E-state index contributed by atoms with van der Waals surface area (Å²) in [6.07, 6.45) is 5.16. The molecular formula is C16H24N2O2S. The molecule has 0 bridgehead atoms. The second-order valence-electron chi connectivity index (χ2n) is 5.51. The molecule has 21 heavy (non-hydrogen) atoms. The fourth-order valence-electron chi connectivity index (χ4n) is 2.77. The summed E-state index contributed by atoms with van der Waals surface area (Å²) in [4.78, 5) is 2.85. The highest BCUT2D eigenvalue weighted by Crippen LogP contribution is 2.27. The summed E-state index contributed by atoms with van der Waals surface area (Å²) in [5, 5.41) is 3.37. The van der Waals surface area contributed by atoms with Crippen molar-refractivity contribution < 1.29 is 8.42 Å². The molecule has 1 aliphatic rings. The fourth-order valence-corrected chi connectivity index (χ4v) is 3.40. The number of allylic oxidation sites excluding steroid dienone is 1. The van der Waals surface area contributed by atoms with Gasteiger partial charge in [-0.25, -0.2) is 8.42 Å². The van der Waals surface area contributed by atoms with Gasteiger partial charge in [0, 0.05) is 38.5 Å². The zero-order valence-corrected chi connectivity index (χ0v) is 13.4. The highest BCUT2D eigenvalue weighted by atomic mass is 32.2. The average Bonchev–Trinajstić information content (AvgIpc) is 2.48. The first-order chi connectivity index (χ1) is 10.0. The van der Waals surface area contributed by atoms with Crippen LogP contribution < -0.4 is 5.32 Å². The number of sulfone groups is 1. The summed E-state index contributed by atoms with van der Waals surface area (Å²) in [5.41, 5.74) is 1.19. The number of nitrogens with zero attached hydrogens (tertiary/aromatic N) is 1. The molecule has 1 saturated heterocycles. The summed E-state index contributed by atoms with van der Waals surface area (Å²) in [6, 6.07) is 7.67. The summed E-state index contributed by atoms with van der Waals surface area (Å²) in [7, 11) is -3.13. The molecule has 1 fully saturated rings. The molecule has 0 saturated carbocycles. The Kier molecular flexibility index (Phi) is 5.56. The molecule has 1 aliphatic heterocycles. The molecule has 0 radical (unpaired) electrons. The molecule has 116 valence electrons. The minimum atomic E-state index is -3.13. The molecule has 1 aromatic rings. The second kappa shape index (κ2) is 7.20. The standard InChI is InChI=1S/C16H24N2O2S/c1-3-4-5-16(18-12-10-17-11-13-18)14-6-8-15(9-7-14)21(2,19)20/h3,6-9,16-17H,1,4-5,10-13H2,2H3/t16-/m0/s1. The quantitative estimate of drug-likeness (QED) is 0.817. The van der Waals surface area contributed by atoms with Gasteiger partial charge >= 0.3 is 0 Å². The fraction of sp³-hybridized carbons (Fsp3) is 0.500. The lowest BCUT2D eigenvalue weighted by Crippen LogP contribution is -2.45. The van der Waals surface area contributed by atoms with Gasteiger partial charge in [0.25, 0.3) is 0 Å². The van der Waals surface area contributed by atoms with Gasteiger partial charge in [-0.15, -0.1) is 6.58 Å². The lowest BCUT2D eigenvalue weighted by atomic mass is 9.99. The molecule has 0 aliphatic carbocycles. The molecular weight excluding hydrogens is 284 g/mol. The smallest absolute Gasteiger partial charge is 0.175 e. The van der Waals surface area contributed by atoms with Crippen LogP contribution in [0.15, 0.2) is 41.8 Å². The van der Waals surface area contributed by atoms with E-state index in [1.165, 1.54) is 11.8 Å². The van der Waals surface area contributed by atoms with Crippen molar-refractivity contribution in [2.75, 3.05) is 32.4 Å². The van der Waals surface area contributed by atoms with Gasteiger partial charge in [-0.05, 0) is 30.5 Å². The van der Waals surface area contributed by atoms with Crippen LogP contribution in [-0.4, -0.2) is 45.8 Å². The van der Waals surface area contributed by atoms with Gasteiger partial charge < -0.3 is 5.32 Å². The Labute approximate surface area is 127 Å². The van der Waals surface area contributed by atoms with Gasteiger partial charge in [-0.2, -0.15) is 0 Å². The van der Waals surface area contributed by atoms with Gasteiger partial charge in [0.15, 0.2) is 9.84 Å². The van der Waals surface area contributed by atoms with Crippen molar-refractivity contribution in [1.29, 1.82) is 0 Å². The molecule has 0 amide bonds. The van der Waals surface area contributed by atoms with Crippen molar-refractivity contribution in [3.05, 3.63) is 42.5 Å². The predicted octanol–water partition coefficient (Wildman–Crippen LogP) is 2.00. The molecule has 0 spiro atoms. The zero-order valence-electron chi connectivity index (χ0n) is 12.6. The molecule has 1 heterocycles. The zero-order chi connectivity index (χ0) is 15.3. The summed E-state index contributed by atoms with van der Waals surface area (Å²) >= 11 is 0. The van der Waals surface area contributed by atoms with E-state index in [0.717, 1.165) is 39.0 Å². The molecule has 4 nitrogen and oxygen atoms in total. The maximum absolute atomic E-state index is 11.6. The maximum atomic E-state index is 11.6. The van der Waals surface area contributed by atoms with E-state index in [1.807, 2.05) is 18.2 Å². The van der Waals surface area contributed by atoms with Gasteiger partial charge in [0.05, 0.1) is 4.90 Å². The van der Waals surface area contributed by atoms with Crippen LogP contribution in [0.1, 0.15) is 24.4 Å². The van der Waals surface area contributed by atoms with E-state index in [0.29, 0.717) is 10.9 Å². The minimum absolute atomic E-state index is 0.332. The van der Waals surface area contributed by atoms with Gasteiger partial charge in [0.1, 0.15) is 0 Å². The van der Waals surface area contributed by atoms with Crippen LogP contribution in [0.5, 0.6) is 0 Å². The number of nitrogens with one attached hydrogen (secondary N) is 1. The number of piperazine rings is 1. The number of rotatable bonds is 6. The lowest BCUT2D eigenvalue weighted by molar-refractivity contribution is 0.166. The van der Waals surface area contributed by atoms with Crippen LogP contribution in [0.2, 0.25) is 0 Å². The average molecular weight is 308 g/mol. The van der Waals surface area contributed by atoms with Crippen LogP contribution in [-0.2, 0) is 9.84 Å². The molecule has 0 unspecified atom stereocenters. The Bertz CT molecular complexity index is 560. The third-order valence-electron chi connectivity index (χ3n) is 3.93. The Hall–Kier alpha value is -1.17. The molecule has 1 aromatic carbocycles. The Morgan fingerprint density at radius 1 is 1.29 bits per heavy atom. The minimum Gasteiger partial charge on any atom is -0.314 e.